The minimum atomic E-state index is -0.488. The van der Waals surface area contributed by atoms with Crippen LogP contribution in [0.15, 0.2) is 0 Å². The zero-order chi connectivity index (χ0) is 11.0. The van der Waals surface area contributed by atoms with Crippen molar-refractivity contribution in [2.75, 3.05) is 19.7 Å². The minimum Gasteiger partial charge on any atom is -0.387 e. The first-order valence-electron chi connectivity index (χ1n) is 4.73. The number of nitrogens with one attached hydrogen (secondary N) is 2. The largest absolute Gasteiger partial charge is 0.387 e. The molecule has 0 bridgehead atoms. The zero-order valence-corrected chi connectivity index (χ0v) is 8.67. The molecule has 14 heavy (non-hydrogen) atoms. The molecule has 3 N–H and O–H groups in total. The lowest BCUT2D eigenvalue weighted by atomic mass is 10.2. The summed E-state index contributed by atoms with van der Waals surface area (Å²) in [7, 11) is 0. The fourth-order valence-electron chi connectivity index (χ4n) is 0.788. The van der Waals surface area contributed by atoms with Gasteiger partial charge in [0.15, 0.2) is 0 Å². The first-order valence-corrected chi connectivity index (χ1v) is 4.73. The fraction of sp³-hybridized carbons (Fsp3) is 0.778. The van der Waals surface area contributed by atoms with Gasteiger partial charge in [0, 0.05) is 19.0 Å². The van der Waals surface area contributed by atoms with Gasteiger partial charge in [0.1, 0.15) is 6.61 Å². The van der Waals surface area contributed by atoms with Gasteiger partial charge in [0.2, 0.25) is 11.8 Å². The molecule has 0 aromatic carbocycles. The van der Waals surface area contributed by atoms with Gasteiger partial charge in [0.25, 0.3) is 0 Å². The summed E-state index contributed by atoms with van der Waals surface area (Å²) in [5, 5.41) is 13.6. The average molecular weight is 202 g/mol. The van der Waals surface area contributed by atoms with E-state index < -0.39 is 6.61 Å². The topological polar surface area (TPSA) is 78.4 Å². The lowest BCUT2D eigenvalue weighted by Crippen LogP contribution is -2.32. The number of aliphatic hydroxyl groups excluding tert-OH is 1. The summed E-state index contributed by atoms with van der Waals surface area (Å²) in [6, 6.07) is 0. The molecule has 5 heteroatoms. The summed E-state index contributed by atoms with van der Waals surface area (Å²) in [5.74, 6) is -0.388. The van der Waals surface area contributed by atoms with Gasteiger partial charge in [-0.15, -0.1) is 0 Å². The van der Waals surface area contributed by atoms with E-state index in [1.165, 1.54) is 0 Å². The zero-order valence-electron chi connectivity index (χ0n) is 8.67. The molecule has 0 aromatic heterocycles. The molecule has 0 rings (SSSR count). The monoisotopic (exact) mass is 202 g/mol. The van der Waals surface area contributed by atoms with Crippen LogP contribution in [-0.4, -0.2) is 36.6 Å². The van der Waals surface area contributed by atoms with Crippen LogP contribution in [0.2, 0.25) is 0 Å². The van der Waals surface area contributed by atoms with Crippen LogP contribution in [0.1, 0.15) is 20.3 Å². The molecular formula is C9H18N2O3. The fourth-order valence-corrected chi connectivity index (χ4v) is 0.788. The van der Waals surface area contributed by atoms with Crippen molar-refractivity contribution >= 4 is 11.8 Å². The number of carbonyl (C=O) groups is 2. The maximum absolute atomic E-state index is 11.1. The summed E-state index contributed by atoms with van der Waals surface area (Å²) in [5.41, 5.74) is 0. The summed E-state index contributed by atoms with van der Waals surface area (Å²) in [6.07, 6.45) is 0.671. The predicted octanol–water partition coefficient (Wildman–Crippen LogP) is -0.743. The van der Waals surface area contributed by atoms with Crippen molar-refractivity contribution in [3.05, 3.63) is 0 Å². The summed E-state index contributed by atoms with van der Waals surface area (Å²) < 4.78 is 0. The Balaban J connectivity index is 3.30. The molecule has 0 spiro atoms. The van der Waals surface area contributed by atoms with Crippen molar-refractivity contribution < 1.29 is 14.7 Å². The maximum atomic E-state index is 11.1. The van der Waals surface area contributed by atoms with Crippen LogP contribution in [0, 0.1) is 5.92 Å². The summed E-state index contributed by atoms with van der Waals surface area (Å²) in [4.78, 5) is 21.6. The Morgan fingerprint density at radius 2 is 1.79 bits per heavy atom. The van der Waals surface area contributed by atoms with Crippen LogP contribution in [-0.2, 0) is 9.59 Å². The van der Waals surface area contributed by atoms with E-state index in [9.17, 15) is 9.59 Å². The summed E-state index contributed by atoms with van der Waals surface area (Å²) in [6.45, 7) is 4.17. The van der Waals surface area contributed by atoms with E-state index in [1.54, 1.807) is 0 Å². The highest BCUT2D eigenvalue weighted by molar-refractivity contribution is 5.78. The van der Waals surface area contributed by atoms with Crippen molar-refractivity contribution in [1.29, 1.82) is 0 Å². The molecule has 0 heterocycles. The lowest BCUT2D eigenvalue weighted by Gasteiger charge is -2.07. The number of hydrogen-bond donors (Lipinski definition) is 3. The standard InChI is InChI=1S/C9H18N2O3/c1-7(2)9(14)11-5-3-4-10-8(13)6-12/h7,12H,3-6H2,1-2H3,(H,10,13)(H,11,14). The quantitative estimate of drug-likeness (QED) is 0.496. The molecule has 0 aliphatic carbocycles. The third-order valence-electron chi connectivity index (χ3n) is 1.64. The molecule has 0 unspecified atom stereocenters. The van der Waals surface area contributed by atoms with Crippen molar-refractivity contribution in [1.82, 2.24) is 10.6 Å². The highest BCUT2D eigenvalue weighted by Crippen LogP contribution is 1.89. The maximum Gasteiger partial charge on any atom is 0.245 e. The Labute approximate surface area is 83.9 Å². The van der Waals surface area contributed by atoms with Gasteiger partial charge in [-0.25, -0.2) is 0 Å². The van der Waals surface area contributed by atoms with Crippen LogP contribution in [0.25, 0.3) is 0 Å². The number of rotatable bonds is 6. The van der Waals surface area contributed by atoms with Gasteiger partial charge in [0.05, 0.1) is 0 Å². The van der Waals surface area contributed by atoms with E-state index in [1.807, 2.05) is 13.8 Å². The van der Waals surface area contributed by atoms with Crippen molar-refractivity contribution in [2.24, 2.45) is 5.92 Å². The van der Waals surface area contributed by atoms with Gasteiger partial charge in [-0.1, -0.05) is 13.8 Å². The van der Waals surface area contributed by atoms with Crippen molar-refractivity contribution in [3.8, 4) is 0 Å². The van der Waals surface area contributed by atoms with E-state index >= 15 is 0 Å². The van der Waals surface area contributed by atoms with Gasteiger partial charge < -0.3 is 15.7 Å². The molecule has 0 aliphatic rings. The second-order valence-electron chi connectivity index (χ2n) is 3.31. The molecule has 5 nitrogen and oxygen atoms in total. The Bertz CT molecular complexity index is 192. The van der Waals surface area contributed by atoms with E-state index in [0.717, 1.165) is 0 Å². The second kappa shape index (κ2) is 7.32. The molecule has 82 valence electrons. The van der Waals surface area contributed by atoms with Crippen molar-refractivity contribution in [3.63, 3.8) is 0 Å². The highest BCUT2D eigenvalue weighted by Gasteiger charge is 2.04. The van der Waals surface area contributed by atoms with Crippen LogP contribution in [0.3, 0.4) is 0 Å². The number of aliphatic hydroxyl groups is 1. The average Bonchev–Trinajstić information content (AvgIpc) is 2.16. The van der Waals surface area contributed by atoms with Gasteiger partial charge >= 0.3 is 0 Å². The van der Waals surface area contributed by atoms with Crippen LogP contribution < -0.4 is 10.6 Å². The molecular weight excluding hydrogens is 184 g/mol. The first-order chi connectivity index (χ1) is 6.57. The predicted molar refractivity (Wildman–Crippen MR) is 52.6 cm³/mol. The Kier molecular flexibility index (Phi) is 6.74. The van der Waals surface area contributed by atoms with E-state index in [4.69, 9.17) is 5.11 Å². The van der Waals surface area contributed by atoms with Crippen LogP contribution in [0.4, 0.5) is 0 Å². The summed E-state index contributed by atoms with van der Waals surface area (Å²) >= 11 is 0. The molecule has 0 aliphatic heterocycles. The third-order valence-corrected chi connectivity index (χ3v) is 1.64. The van der Waals surface area contributed by atoms with Crippen molar-refractivity contribution in [2.45, 2.75) is 20.3 Å². The molecule has 2 amide bonds. The van der Waals surface area contributed by atoms with E-state index in [2.05, 4.69) is 10.6 Å². The van der Waals surface area contributed by atoms with Gasteiger partial charge in [-0.05, 0) is 6.42 Å². The highest BCUT2D eigenvalue weighted by atomic mass is 16.3. The normalized spacial score (nSPS) is 10.0. The van der Waals surface area contributed by atoms with E-state index in [-0.39, 0.29) is 17.7 Å². The lowest BCUT2D eigenvalue weighted by molar-refractivity contribution is -0.124. The number of hydrogen-bond acceptors (Lipinski definition) is 3. The number of amides is 2. The Morgan fingerprint density at radius 1 is 1.21 bits per heavy atom. The molecule has 0 fully saturated rings. The van der Waals surface area contributed by atoms with Gasteiger partial charge in [-0.3, -0.25) is 9.59 Å². The Hall–Kier alpha value is -1.10. The first kappa shape index (κ1) is 12.9. The van der Waals surface area contributed by atoms with Gasteiger partial charge in [-0.2, -0.15) is 0 Å². The smallest absolute Gasteiger partial charge is 0.245 e. The SMILES string of the molecule is CC(C)C(=O)NCCCNC(=O)CO. The second-order valence-corrected chi connectivity index (χ2v) is 3.31. The molecule has 0 radical (unpaired) electrons. The van der Waals surface area contributed by atoms with Crippen LogP contribution >= 0.6 is 0 Å². The molecule has 0 saturated carbocycles. The molecule has 0 atom stereocenters. The third kappa shape index (κ3) is 6.42. The number of carbonyl (C=O) groups excluding carboxylic acids is 2. The molecule has 0 saturated heterocycles. The minimum absolute atomic E-state index is 0.0120. The van der Waals surface area contributed by atoms with Crippen LogP contribution in [0.5, 0.6) is 0 Å². The Morgan fingerprint density at radius 3 is 2.29 bits per heavy atom. The van der Waals surface area contributed by atoms with E-state index in [0.29, 0.717) is 19.5 Å². The molecule has 0 aromatic rings.